The Bertz CT molecular complexity index is 596. The molecular formula is C16H21ClN4O. The van der Waals surface area contributed by atoms with E-state index in [4.69, 9.17) is 16.3 Å². The molecule has 1 aromatic carbocycles. The molecule has 0 spiro atoms. The van der Waals surface area contributed by atoms with Crippen LogP contribution in [-0.2, 0) is 11.3 Å². The first-order valence-electron chi connectivity index (χ1n) is 7.62. The number of nitrogens with zero attached hydrogens (tertiary/aromatic N) is 3. The van der Waals surface area contributed by atoms with Crippen molar-refractivity contribution in [2.45, 2.75) is 13.5 Å². The molecule has 118 valence electrons. The van der Waals surface area contributed by atoms with Crippen LogP contribution in [0.15, 0.2) is 30.7 Å². The molecule has 22 heavy (non-hydrogen) atoms. The van der Waals surface area contributed by atoms with Crippen molar-refractivity contribution in [3.63, 3.8) is 0 Å². The maximum atomic E-state index is 6.51. The second kappa shape index (κ2) is 7.03. The molecule has 5 nitrogen and oxygen atoms in total. The first-order chi connectivity index (χ1) is 10.8. The molecule has 6 heteroatoms. The molecule has 1 N–H and O–H groups in total. The van der Waals surface area contributed by atoms with Gasteiger partial charge < -0.3 is 19.5 Å². The van der Waals surface area contributed by atoms with Crippen molar-refractivity contribution in [3.8, 4) is 0 Å². The molecule has 1 aliphatic rings. The van der Waals surface area contributed by atoms with Crippen LogP contribution >= 0.6 is 11.6 Å². The number of hydrogen-bond acceptors (Lipinski definition) is 4. The molecule has 2 aromatic rings. The molecule has 3 rings (SSSR count). The number of rotatable bonds is 5. The molecule has 2 heterocycles. The SMILES string of the molecule is CCN(Cc1c[nH]cn1)c1ccc(N2CCOCC2)c(Cl)c1. The molecule has 0 amide bonds. The molecule has 0 bridgehead atoms. The lowest BCUT2D eigenvalue weighted by atomic mass is 10.2. The van der Waals surface area contributed by atoms with E-state index in [1.54, 1.807) is 6.33 Å². The first kappa shape index (κ1) is 15.2. The molecular weight excluding hydrogens is 300 g/mol. The average Bonchev–Trinajstić information content (AvgIpc) is 3.06. The Hall–Kier alpha value is -1.72. The third-order valence-corrected chi connectivity index (χ3v) is 4.24. The number of nitrogens with one attached hydrogen (secondary N) is 1. The minimum atomic E-state index is 0.762. The summed E-state index contributed by atoms with van der Waals surface area (Å²) in [5.41, 5.74) is 3.23. The van der Waals surface area contributed by atoms with Crippen molar-refractivity contribution in [1.82, 2.24) is 9.97 Å². The van der Waals surface area contributed by atoms with Crippen LogP contribution in [0.2, 0.25) is 5.02 Å². The zero-order chi connectivity index (χ0) is 15.4. The van der Waals surface area contributed by atoms with Crippen LogP contribution in [-0.4, -0.2) is 42.8 Å². The zero-order valence-electron chi connectivity index (χ0n) is 12.8. The van der Waals surface area contributed by atoms with Crippen LogP contribution < -0.4 is 9.80 Å². The number of benzene rings is 1. The Labute approximate surface area is 135 Å². The fourth-order valence-electron chi connectivity index (χ4n) is 2.71. The average molecular weight is 321 g/mol. The first-order valence-corrected chi connectivity index (χ1v) is 8.00. The van der Waals surface area contributed by atoms with Gasteiger partial charge in [-0.1, -0.05) is 11.6 Å². The van der Waals surface area contributed by atoms with E-state index < -0.39 is 0 Å². The molecule has 1 fully saturated rings. The van der Waals surface area contributed by atoms with Gasteiger partial charge in [-0.05, 0) is 25.1 Å². The smallest absolute Gasteiger partial charge is 0.0923 e. The Kier molecular flexibility index (Phi) is 4.85. The molecule has 0 saturated carbocycles. The van der Waals surface area contributed by atoms with E-state index >= 15 is 0 Å². The maximum Gasteiger partial charge on any atom is 0.0923 e. The van der Waals surface area contributed by atoms with Crippen molar-refractivity contribution in [2.75, 3.05) is 42.6 Å². The number of imidazole rings is 1. The fourth-order valence-corrected chi connectivity index (χ4v) is 3.01. The summed E-state index contributed by atoms with van der Waals surface area (Å²) < 4.78 is 5.40. The van der Waals surface area contributed by atoms with E-state index in [9.17, 15) is 0 Å². The van der Waals surface area contributed by atoms with Gasteiger partial charge in [0, 0.05) is 31.5 Å². The highest BCUT2D eigenvalue weighted by Crippen LogP contribution is 2.31. The normalized spacial score (nSPS) is 15.1. The number of ether oxygens (including phenoxy) is 1. The molecule has 0 radical (unpaired) electrons. The van der Waals surface area contributed by atoms with Gasteiger partial charge in [0.2, 0.25) is 0 Å². The van der Waals surface area contributed by atoms with Gasteiger partial charge in [-0.25, -0.2) is 4.98 Å². The number of morpholine rings is 1. The summed E-state index contributed by atoms with van der Waals surface area (Å²) in [6.45, 7) is 7.12. The Morgan fingerprint density at radius 3 is 2.82 bits per heavy atom. The quantitative estimate of drug-likeness (QED) is 0.920. The standard InChI is InChI=1S/C16H21ClN4O/c1-2-20(11-13-10-18-12-19-13)14-3-4-16(15(17)9-14)21-5-7-22-8-6-21/h3-4,9-10,12H,2,5-8,11H2,1H3,(H,18,19). The van der Waals surface area contributed by atoms with Crippen LogP contribution in [0.5, 0.6) is 0 Å². The van der Waals surface area contributed by atoms with Crippen LogP contribution in [0.1, 0.15) is 12.6 Å². The summed E-state index contributed by atoms with van der Waals surface area (Å²) in [5.74, 6) is 0. The Morgan fingerprint density at radius 1 is 1.36 bits per heavy atom. The van der Waals surface area contributed by atoms with Crippen LogP contribution in [0.3, 0.4) is 0 Å². The van der Waals surface area contributed by atoms with Gasteiger partial charge in [-0.3, -0.25) is 0 Å². The molecule has 0 aliphatic carbocycles. The van der Waals surface area contributed by atoms with Gasteiger partial charge in [-0.2, -0.15) is 0 Å². The van der Waals surface area contributed by atoms with E-state index in [0.717, 1.165) is 61.5 Å². The number of aromatic amines is 1. The van der Waals surface area contributed by atoms with Gasteiger partial charge in [0.05, 0.1) is 42.5 Å². The van der Waals surface area contributed by atoms with Crippen molar-refractivity contribution in [2.24, 2.45) is 0 Å². The summed E-state index contributed by atoms with van der Waals surface area (Å²) in [5, 5.41) is 0.792. The van der Waals surface area contributed by atoms with Crippen LogP contribution in [0, 0.1) is 0 Å². The van der Waals surface area contributed by atoms with E-state index in [2.05, 4.69) is 38.8 Å². The minimum absolute atomic E-state index is 0.762. The summed E-state index contributed by atoms with van der Waals surface area (Å²) in [6, 6.07) is 6.28. The second-order valence-corrected chi connectivity index (χ2v) is 5.72. The molecule has 1 aliphatic heterocycles. The largest absolute Gasteiger partial charge is 0.378 e. The topological polar surface area (TPSA) is 44.4 Å². The van der Waals surface area contributed by atoms with E-state index in [1.807, 2.05) is 12.3 Å². The highest BCUT2D eigenvalue weighted by Gasteiger charge is 2.15. The monoisotopic (exact) mass is 320 g/mol. The van der Waals surface area contributed by atoms with Crippen molar-refractivity contribution in [3.05, 3.63) is 41.4 Å². The lowest BCUT2D eigenvalue weighted by molar-refractivity contribution is 0.122. The van der Waals surface area contributed by atoms with Crippen molar-refractivity contribution >= 4 is 23.0 Å². The maximum absolute atomic E-state index is 6.51. The third-order valence-electron chi connectivity index (χ3n) is 3.94. The summed E-state index contributed by atoms with van der Waals surface area (Å²) in [7, 11) is 0. The third kappa shape index (κ3) is 3.36. The highest BCUT2D eigenvalue weighted by atomic mass is 35.5. The van der Waals surface area contributed by atoms with Gasteiger partial charge in [-0.15, -0.1) is 0 Å². The van der Waals surface area contributed by atoms with Crippen LogP contribution in [0.25, 0.3) is 0 Å². The Balaban J connectivity index is 1.77. The van der Waals surface area contributed by atoms with Gasteiger partial charge >= 0.3 is 0 Å². The minimum Gasteiger partial charge on any atom is -0.378 e. The number of aromatic nitrogens is 2. The molecule has 1 aromatic heterocycles. The lowest BCUT2D eigenvalue weighted by Gasteiger charge is -2.30. The molecule has 0 unspecified atom stereocenters. The summed E-state index contributed by atoms with van der Waals surface area (Å²) >= 11 is 6.51. The summed E-state index contributed by atoms with van der Waals surface area (Å²) in [6.07, 6.45) is 3.63. The summed E-state index contributed by atoms with van der Waals surface area (Å²) in [4.78, 5) is 11.8. The van der Waals surface area contributed by atoms with E-state index in [1.165, 1.54) is 0 Å². The van der Waals surface area contributed by atoms with Crippen molar-refractivity contribution < 1.29 is 4.74 Å². The Morgan fingerprint density at radius 2 is 2.18 bits per heavy atom. The van der Waals surface area contributed by atoms with Gasteiger partial charge in [0.15, 0.2) is 0 Å². The fraction of sp³-hybridized carbons (Fsp3) is 0.438. The zero-order valence-corrected chi connectivity index (χ0v) is 13.5. The number of halogens is 1. The van der Waals surface area contributed by atoms with Gasteiger partial charge in [0.1, 0.15) is 0 Å². The highest BCUT2D eigenvalue weighted by molar-refractivity contribution is 6.33. The lowest BCUT2D eigenvalue weighted by Crippen LogP contribution is -2.36. The second-order valence-electron chi connectivity index (χ2n) is 5.31. The number of anilines is 2. The molecule has 0 atom stereocenters. The number of hydrogen-bond donors (Lipinski definition) is 1. The van der Waals surface area contributed by atoms with Gasteiger partial charge in [0.25, 0.3) is 0 Å². The predicted octanol–water partition coefficient (Wildman–Crippen LogP) is 2.93. The molecule has 1 saturated heterocycles. The van der Waals surface area contributed by atoms with E-state index in [-0.39, 0.29) is 0 Å². The van der Waals surface area contributed by atoms with Crippen LogP contribution in [0.4, 0.5) is 11.4 Å². The number of H-pyrrole nitrogens is 1. The predicted molar refractivity (Wildman–Crippen MR) is 89.8 cm³/mol. The van der Waals surface area contributed by atoms with E-state index in [0.29, 0.717) is 0 Å². The van der Waals surface area contributed by atoms with Crippen molar-refractivity contribution in [1.29, 1.82) is 0 Å².